The third kappa shape index (κ3) is 30.3. The van der Waals surface area contributed by atoms with E-state index in [9.17, 15) is 40.5 Å². The van der Waals surface area contributed by atoms with Gasteiger partial charge in [-0.2, -0.15) is 0 Å². The van der Waals surface area contributed by atoms with Crippen LogP contribution < -0.4 is 0 Å². The highest BCUT2D eigenvalue weighted by Crippen LogP contribution is 2.27. The summed E-state index contributed by atoms with van der Waals surface area (Å²) in [4.78, 5) is 13.0. The van der Waals surface area contributed by atoms with E-state index in [1.54, 1.807) is 0 Å². The number of allylic oxidation sites excluding steroid dienone is 4. The van der Waals surface area contributed by atoms with Crippen LogP contribution in [0.15, 0.2) is 24.3 Å². The van der Waals surface area contributed by atoms with Crippen LogP contribution in [0.5, 0.6) is 0 Å². The number of hydrogen-bond donors (Lipinski definition) is 7. The normalized spacial score (nSPS) is 25.8. The summed E-state index contributed by atoms with van der Waals surface area (Å²) in [5.74, 6) is -0.380. The summed E-state index contributed by atoms with van der Waals surface area (Å²) in [6.45, 7) is 3.70. The van der Waals surface area contributed by atoms with Crippen LogP contribution in [0.1, 0.15) is 219 Å². The fourth-order valence-electron chi connectivity index (χ4n) is 8.90. The van der Waals surface area contributed by atoms with Gasteiger partial charge in [0.2, 0.25) is 0 Å². The second-order valence-corrected chi connectivity index (χ2v) is 19.8. The summed E-state index contributed by atoms with van der Waals surface area (Å²) in [7, 11) is 0. The SMILES string of the molecule is CCCCCC/C=C\C/C=C\CCCCCCCCCC(=O)OC(COCCCCCCCCCCCCCCCCCCC)COC1OC(COC2OC(CO)C(O)C(O)C2O)C(O)C(O)C1O. The van der Waals surface area contributed by atoms with Gasteiger partial charge in [-0.25, -0.2) is 0 Å². The van der Waals surface area contributed by atoms with Gasteiger partial charge in [-0.1, -0.05) is 192 Å². The maximum absolute atomic E-state index is 13.0. The lowest BCUT2D eigenvalue weighted by Gasteiger charge is -2.42. The van der Waals surface area contributed by atoms with Crippen LogP contribution in [-0.4, -0.2) is 142 Å². The van der Waals surface area contributed by atoms with Crippen molar-refractivity contribution >= 4 is 5.97 Å². The van der Waals surface area contributed by atoms with Gasteiger partial charge in [0.1, 0.15) is 54.9 Å². The summed E-state index contributed by atoms with van der Waals surface area (Å²) in [5, 5.41) is 72.2. The van der Waals surface area contributed by atoms with Gasteiger partial charge < -0.3 is 64.2 Å². The molecule has 0 aliphatic carbocycles. The lowest BCUT2D eigenvalue weighted by Crippen LogP contribution is -2.61. The Morgan fingerprint density at radius 3 is 1.41 bits per heavy atom. The number of unbranched alkanes of at least 4 members (excludes halogenated alkanes) is 27. The first-order valence-electron chi connectivity index (χ1n) is 27.9. The van der Waals surface area contributed by atoms with Gasteiger partial charge in [-0.15, -0.1) is 0 Å². The zero-order chi connectivity index (χ0) is 50.2. The third-order valence-electron chi connectivity index (χ3n) is 13.5. The van der Waals surface area contributed by atoms with Crippen LogP contribution in [-0.2, 0) is 33.2 Å². The minimum Gasteiger partial charge on any atom is -0.457 e. The van der Waals surface area contributed by atoms with Crippen molar-refractivity contribution in [2.24, 2.45) is 0 Å². The molecular weight excluding hydrogens is 885 g/mol. The van der Waals surface area contributed by atoms with E-state index < -0.39 is 80.7 Å². The third-order valence-corrected chi connectivity index (χ3v) is 13.5. The van der Waals surface area contributed by atoms with Crippen molar-refractivity contribution in [3.63, 3.8) is 0 Å². The molecule has 0 aromatic carbocycles. The van der Waals surface area contributed by atoms with Crippen molar-refractivity contribution in [3.05, 3.63) is 24.3 Å². The van der Waals surface area contributed by atoms with Crippen LogP contribution >= 0.6 is 0 Å². The number of aliphatic hydroxyl groups is 7. The van der Waals surface area contributed by atoms with Crippen LogP contribution in [0.3, 0.4) is 0 Å². The van der Waals surface area contributed by atoms with Gasteiger partial charge in [-0.05, 0) is 44.9 Å². The largest absolute Gasteiger partial charge is 0.457 e. The van der Waals surface area contributed by atoms with Crippen molar-refractivity contribution < 1.29 is 69.0 Å². The molecule has 2 aliphatic rings. The molecule has 2 fully saturated rings. The van der Waals surface area contributed by atoms with Gasteiger partial charge >= 0.3 is 5.97 Å². The Balaban J connectivity index is 1.74. The van der Waals surface area contributed by atoms with E-state index in [4.69, 9.17) is 28.4 Å². The summed E-state index contributed by atoms with van der Waals surface area (Å²) in [6, 6.07) is 0. The fraction of sp³-hybridized carbons (Fsp3) is 0.909. The highest BCUT2D eigenvalue weighted by molar-refractivity contribution is 5.69. The zero-order valence-electron chi connectivity index (χ0n) is 43.3. The molecule has 69 heavy (non-hydrogen) atoms. The van der Waals surface area contributed by atoms with E-state index in [2.05, 4.69) is 38.2 Å². The molecule has 0 radical (unpaired) electrons. The molecule has 0 aromatic heterocycles. The molecule has 2 saturated heterocycles. The molecule has 0 saturated carbocycles. The predicted octanol–water partition coefficient (Wildman–Crippen LogP) is 9.19. The lowest BCUT2D eigenvalue weighted by molar-refractivity contribution is -0.332. The van der Waals surface area contributed by atoms with E-state index in [1.165, 1.54) is 141 Å². The summed E-state index contributed by atoms with van der Waals surface area (Å²) in [5.41, 5.74) is 0. The Morgan fingerprint density at radius 1 is 0.478 bits per heavy atom. The van der Waals surface area contributed by atoms with Crippen molar-refractivity contribution in [1.82, 2.24) is 0 Å². The van der Waals surface area contributed by atoms with Gasteiger partial charge in [0.25, 0.3) is 0 Å². The second kappa shape index (κ2) is 42.9. The maximum Gasteiger partial charge on any atom is 0.306 e. The molecule has 406 valence electrons. The highest BCUT2D eigenvalue weighted by Gasteiger charge is 2.47. The number of aliphatic hydroxyl groups excluding tert-OH is 7. The summed E-state index contributed by atoms with van der Waals surface area (Å²) < 4.78 is 34.4. The van der Waals surface area contributed by atoms with Crippen molar-refractivity contribution in [2.45, 2.75) is 287 Å². The lowest BCUT2D eigenvalue weighted by atomic mass is 9.98. The van der Waals surface area contributed by atoms with E-state index in [0.29, 0.717) is 13.0 Å². The second-order valence-electron chi connectivity index (χ2n) is 19.8. The predicted molar refractivity (Wildman–Crippen MR) is 270 cm³/mol. The standard InChI is InChI=1S/C55H102O14/c1-3-5-7-9-11-13-15-17-19-21-22-24-26-28-30-32-34-36-38-47(57)67-44(41-64-39-37-35-33-31-29-27-25-23-20-18-16-14-12-10-8-6-4-2)42-65-54-53(63)51(61)49(59)46(69-54)43-66-55-52(62)50(60)48(58)45(40-56)68-55/h13,15,19,21,44-46,48-56,58-63H,3-12,14,16-18,20,22-43H2,1-2H3/b15-13-,21-19-. The first-order valence-corrected chi connectivity index (χ1v) is 27.9. The van der Waals surface area contributed by atoms with Crippen LogP contribution in [0.25, 0.3) is 0 Å². The molecular formula is C55H102O14. The minimum absolute atomic E-state index is 0.0628. The van der Waals surface area contributed by atoms with E-state index in [-0.39, 0.29) is 25.6 Å². The first kappa shape index (κ1) is 63.6. The van der Waals surface area contributed by atoms with E-state index >= 15 is 0 Å². The van der Waals surface area contributed by atoms with Gasteiger partial charge in [0.05, 0.1) is 26.4 Å². The van der Waals surface area contributed by atoms with Gasteiger partial charge in [0, 0.05) is 13.0 Å². The smallest absolute Gasteiger partial charge is 0.306 e. The summed E-state index contributed by atoms with van der Waals surface area (Å²) in [6.07, 6.45) is 30.9. The van der Waals surface area contributed by atoms with Crippen molar-refractivity contribution in [2.75, 3.05) is 33.0 Å². The number of carbonyl (C=O) groups excluding carboxylic acids is 1. The Kier molecular flexibility index (Phi) is 39.6. The van der Waals surface area contributed by atoms with Crippen LogP contribution in [0.2, 0.25) is 0 Å². The van der Waals surface area contributed by atoms with E-state index in [1.807, 2.05) is 0 Å². The molecule has 14 nitrogen and oxygen atoms in total. The molecule has 11 unspecified atom stereocenters. The number of hydrogen-bond acceptors (Lipinski definition) is 14. The topological polar surface area (TPSA) is 214 Å². The van der Waals surface area contributed by atoms with Gasteiger partial charge in [0.15, 0.2) is 12.6 Å². The maximum atomic E-state index is 13.0. The minimum atomic E-state index is -1.71. The average molecular weight is 987 g/mol. The molecule has 2 aliphatic heterocycles. The van der Waals surface area contributed by atoms with Crippen molar-refractivity contribution in [1.29, 1.82) is 0 Å². The Labute approximate surface area is 417 Å². The van der Waals surface area contributed by atoms with E-state index in [0.717, 1.165) is 51.4 Å². The quantitative estimate of drug-likeness (QED) is 0.0172. The molecule has 7 N–H and O–H groups in total. The summed E-state index contributed by atoms with van der Waals surface area (Å²) >= 11 is 0. The Morgan fingerprint density at radius 2 is 0.899 bits per heavy atom. The number of esters is 1. The molecule has 2 rings (SSSR count). The molecule has 0 amide bonds. The molecule has 0 spiro atoms. The average Bonchev–Trinajstić information content (AvgIpc) is 3.35. The fourth-order valence-corrected chi connectivity index (χ4v) is 8.90. The molecule has 0 bridgehead atoms. The molecule has 0 aromatic rings. The first-order chi connectivity index (χ1) is 33.6. The number of ether oxygens (including phenoxy) is 6. The number of rotatable bonds is 45. The van der Waals surface area contributed by atoms with Crippen molar-refractivity contribution in [3.8, 4) is 0 Å². The molecule has 14 heteroatoms. The van der Waals surface area contributed by atoms with Gasteiger partial charge in [-0.3, -0.25) is 4.79 Å². The monoisotopic (exact) mass is 987 g/mol. The van der Waals surface area contributed by atoms with Crippen LogP contribution in [0.4, 0.5) is 0 Å². The Hall–Kier alpha value is -1.53. The zero-order valence-corrected chi connectivity index (χ0v) is 43.3. The number of carbonyl (C=O) groups is 1. The molecule has 11 atom stereocenters. The molecule has 2 heterocycles. The Bertz CT molecular complexity index is 1240. The van der Waals surface area contributed by atoms with Crippen LogP contribution in [0, 0.1) is 0 Å². The highest BCUT2D eigenvalue weighted by atomic mass is 16.7.